The summed E-state index contributed by atoms with van der Waals surface area (Å²) in [4.78, 5) is 0. The van der Waals surface area contributed by atoms with Gasteiger partial charge in [-0.2, -0.15) is 0 Å². The van der Waals surface area contributed by atoms with Gasteiger partial charge in [0.15, 0.2) is 0 Å². The molecule has 0 bridgehead atoms. The molecule has 1 heterocycles. The van der Waals surface area contributed by atoms with Crippen molar-refractivity contribution in [1.29, 1.82) is 0 Å². The van der Waals surface area contributed by atoms with Crippen molar-refractivity contribution in [3.05, 3.63) is 0 Å². The van der Waals surface area contributed by atoms with Crippen molar-refractivity contribution in [3.63, 3.8) is 0 Å². The molecule has 5 heteroatoms. The predicted molar refractivity (Wildman–Crippen MR) is 64.7 cm³/mol. The quantitative estimate of drug-likeness (QED) is 0.800. The van der Waals surface area contributed by atoms with Crippen molar-refractivity contribution in [2.45, 2.75) is 51.4 Å². The summed E-state index contributed by atoms with van der Waals surface area (Å²) in [7, 11) is -3.20. The van der Waals surface area contributed by atoms with Crippen LogP contribution in [0.15, 0.2) is 0 Å². The van der Waals surface area contributed by atoms with Crippen LogP contribution < -0.4 is 0 Å². The van der Waals surface area contributed by atoms with Crippen molar-refractivity contribution in [1.82, 2.24) is 4.31 Å². The standard InChI is InChI=1S/C11H23NO3S/c1-9(13)10-5-7-12(8-6-10)16(14,15)11(2,3)4/h9-10,13H,5-8H2,1-4H3. The summed E-state index contributed by atoms with van der Waals surface area (Å²) in [5, 5.41) is 9.46. The van der Waals surface area contributed by atoms with Crippen LogP contribution in [-0.2, 0) is 10.0 Å². The number of piperidine rings is 1. The highest BCUT2D eigenvalue weighted by Crippen LogP contribution is 2.27. The monoisotopic (exact) mass is 249 g/mol. The summed E-state index contributed by atoms with van der Waals surface area (Å²) in [5.74, 6) is 0.242. The van der Waals surface area contributed by atoms with E-state index in [1.54, 1.807) is 32.0 Å². The van der Waals surface area contributed by atoms with Gasteiger partial charge in [0.1, 0.15) is 0 Å². The van der Waals surface area contributed by atoms with E-state index in [0.717, 1.165) is 12.8 Å². The van der Waals surface area contributed by atoms with E-state index in [0.29, 0.717) is 13.1 Å². The number of nitrogens with zero attached hydrogens (tertiary/aromatic N) is 1. The first-order valence-corrected chi connectivity index (χ1v) is 7.28. The molecule has 4 nitrogen and oxygen atoms in total. The summed E-state index contributed by atoms with van der Waals surface area (Å²) < 4.78 is 25.1. The lowest BCUT2D eigenvalue weighted by Gasteiger charge is -2.36. The first-order valence-electron chi connectivity index (χ1n) is 5.84. The molecule has 1 rings (SSSR count). The first-order chi connectivity index (χ1) is 7.16. The summed E-state index contributed by atoms with van der Waals surface area (Å²) in [6.45, 7) is 8.03. The van der Waals surface area contributed by atoms with E-state index < -0.39 is 14.8 Å². The number of aliphatic hydroxyl groups is 1. The van der Waals surface area contributed by atoms with Crippen molar-refractivity contribution < 1.29 is 13.5 Å². The van der Waals surface area contributed by atoms with Gasteiger partial charge in [0, 0.05) is 13.1 Å². The summed E-state index contributed by atoms with van der Waals surface area (Å²) in [6, 6.07) is 0. The van der Waals surface area contributed by atoms with Crippen LogP contribution in [0.5, 0.6) is 0 Å². The normalized spacial score (nSPS) is 23.3. The van der Waals surface area contributed by atoms with E-state index in [4.69, 9.17) is 0 Å². The van der Waals surface area contributed by atoms with Gasteiger partial charge in [-0.1, -0.05) is 0 Å². The Morgan fingerprint density at radius 1 is 1.25 bits per heavy atom. The SMILES string of the molecule is CC(O)C1CCN(S(=O)(=O)C(C)(C)C)CC1. The predicted octanol–water partition coefficient (Wildman–Crippen LogP) is 1.21. The number of sulfonamides is 1. The molecule has 1 unspecified atom stereocenters. The van der Waals surface area contributed by atoms with Gasteiger partial charge in [0.2, 0.25) is 10.0 Å². The maximum Gasteiger partial charge on any atom is 0.219 e. The summed E-state index contributed by atoms with van der Waals surface area (Å²) >= 11 is 0. The van der Waals surface area contributed by atoms with Gasteiger partial charge in [-0.05, 0) is 46.5 Å². The summed E-state index contributed by atoms with van der Waals surface area (Å²) in [6.07, 6.45) is 1.18. The van der Waals surface area contributed by atoms with Crippen LogP contribution in [0.3, 0.4) is 0 Å². The van der Waals surface area contributed by atoms with Crippen LogP contribution in [0, 0.1) is 5.92 Å². The number of aliphatic hydroxyl groups excluding tert-OH is 1. The maximum atomic E-state index is 12.1. The van der Waals surface area contributed by atoms with Crippen LogP contribution in [0.2, 0.25) is 0 Å². The lowest BCUT2D eigenvalue weighted by Crippen LogP contribution is -2.47. The van der Waals surface area contributed by atoms with E-state index in [-0.39, 0.29) is 12.0 Å². The molecule has 0 aliphatic carbocycles. The minimum Gasteiger partial charge on any atom is -0.393 e. The van der Waals surface area contributed by atoms with Crippen molar-refractivity contribution >= 4 is 10.0 Å². The molecule has 1 N–H and O–H groups in total. The fourth-order valence-electron chi connectivity index (χ4n) is 1.99. The van der Waals surface area contributed by atoms with Crippen LogP contribution in [-0.4, -0.2) is 41.8 Å². The Balaban J connectivity index is 2.68. The minimum atomic E-state index is -3.20. The fourth-order valence-corrected chi connectivity index (χ4v) is 3.45. The van der Waals surface area contributed by atoms with Gasteiger partial charge in [-0.15, -0.1) is 0 Å². The highest BCUT2D eigenvalue weighted by molar-refractivity contribution is 7.90. The largest absolute Gasteiger partial charge is 0.393 e. The van der Waals surface area contributed by atoms with E-state index >= 15 is 0 Å². The summed E-state index contributed by atoms with van der Waals surface area (Å²) in [5.41, 5.74) is 0. The highest BCUT2D eigenvalue weighted by Gasteiger charge is 2.37. The first kappa shape index (κ1) is 13.9. The van der Waals surface area contributed by atoms with Gasteiger partial charge in [0.25, 0.3) is 0 Å². The molecule has 16 heavy (non-hydrogen) atoms. The minimum absolute atomic E-state index is 0.242. The van der Waals surface area contributed by atoms with Gasteiger partial charge in [-0.25, -0.2) is 12.7 Å². The third-order valence-corrected chi connectivity index (χ3v) is 5.89. The molecule has 0 amide bonds. The molecule has 0 aromatic heterocycles. The molecule has 0 spiro atoms. The fraction of sp³-hybridized carbons (Fsp3) is 1.00. The number of hydrogen-bond donors (Lipinski definition) is 1. The van der Waals surface area contributed by atoms with Gasteiger partial charge in [-0.3, -0.25) is 0 Å². The third kappa shape index (κ3) is 2.76. The van der Waals surface area contributed by atoms with E-state index in [1.807, 2.05) is 0 Å². The van der Waals surface area contributed by atoms with Crippen LogP contribution in [0.25, 0.3) is 0 Å². The smallest absolute Gasteiger partial charge is 0.219 e. The Morgan fingerprint density at radius 2 is 1.69 bits per heavy atom. The molecule has 0 aromatic rings. The molecule has 0 radical (unpaired) electrons. The Kier molecular flexibility index (Phi) is 4.03. The number of rotatable bonds is 2. The molecule has 1 saturated heterocycles. The molecule has 0 aromatic carbocycles. The van der Waals surface area contributed by atoms with Crippen molar-refractivity contribution in [3.8, 4) is 0 Å². The second kappa shape index (κ2) is 4.63. The Labute approximate surface area is 98.7 Å². The molecule has 96 valence electrons. The second-order valence-corrected chi connectivity index (χ2v) is 8.29. The van der Waals surface area contributed by atoms with Gasteiger partial charge < -0.3 is 5.11 Å². The molecular weight excluding hydrogens is 226 g/mol. The topological polar surface area (TPSA) is 57.6 Å². The molecule has 1 fully saturated rings. The van der Waals surface area contributed by atoms with Gasteiger partial charge >= 0.3 is 0 Å². The van der Waals surface area contributed by atoms with E-state index in [1.165, 1.54) is 0 Å². The Hall–Kier alpha value is -0.130. The molecule has 1 aliphatic rings. The van der Waals surface area contributed by atoms with Crippen LogP contribution in [0.1, 0.15) is 40.5 Å². The molecule has 1 atom stereocenters. The third-order valence-electron chi connectivity index (χ3n) is 3.29. The highest BCUT2D eigenvalue weighted by atomic mass is 32.2. The Bertz CT molecular complexity index is 322. The maximum absolute atomic E-state index is 12.1. The lowest BCUT2D eigenvalue weighted by atomic mass is 9.93. The zero-order valence-electron chi connectivity index (χ0n) is 10.6. The second-order valence-electron chi connectivity index (χ2n) is 5.59. The Morgan fingerprint density at radius 3 is 2.00 bits per heavy atom. The molecule has 1 aliphatic heterocycles. The van der Waals surface area contributed by atoms with Crippen molar-refractivity contribution in [2.75, 3.05) is 13.1 Å². The molecular formula is C11H23NO3S. The van der Waals surface area contributed by atoms with Gasteiger partial charge in [0.05, 0.1) is 10.9 Å². The van der Waals surface area contributed by atoms with Crippen LogP contribution >= 0.6 is 0 Å². The average molecular weight is 249 g/mol. The zero-order valence-corrected chi connectivity index (χ0v) is 11.4. The molecule has 0 saturated carbocycles. The van der Waals surface area contributed by atoms with Crippen molar-refractivity contribution in [2.24, 2.45) is 5.92 Å². The average Bonchev–Trinajstić information content (AvgIpc) is 2.16. The van der Waals surface area contributed by atoms with E-state index in [9.17, 15) is 13.5 Å². The van der Waals surface area contributed by atoms with Crippen LogP contribution in [0.4, 0.5) is 0 Å². The zero-order chi connectivity index (χ0) is 12.6. The lowest BCUT2D eigenvalue weighted by molar-refractivity contribution is 0.0908. The van der Waals surface area contributed by atoms with E-state index in [2.05, 4.69) is 0 Å². The number of hydrogen-bond acceptors (Lipinski definition) is 3.